The quantitative estimate of drug-likeness (QED) is 0.582. The van der Waals surface area contributed by atoms with Gasteiger partial charge in [0.15, 0.2) is 0 Å². The standard InChI is InChI=1S/C19H14FN4S/c20-15-5-3-4-13(10-15)8-9-21-19-22-11-14(12-23-19)18-24-16-6-1-2-7-17(16)25-18/h1-7,10-11H,8-9H2,(H,21,22,23). The Balaban J connectivity index is 1.41. The van der Waals surface area contributed by atoms with Crippen molar-refractivity contribution in [3.05, 3.63) is 72.3 Å². The molecule has 0 atom stereocenters. The second-order valence-electron chi connectivity index (χ2n) is 5.51. The molecule has 2 heterocycles. The number of thiazole rings is 1. The van der Waals surface area contributed by atoms with Gasteiger partial charge in [0.1, 0.15) is 17.0 Å². The first-order valence-corrected chi connectivity index (χ1v) is 8.68. The average molecular weight is 349 g/mol. The van der Waals surface area contributed by atoms with Crippen molar-refractivity contribution in [2.75, 3.05) is 11.9 Å². The van der Waals surface area contributed by atoms with E-state index in [1.165, 1.54) is 12.1 Å². The van der Waals surface area contributed by atoms with Gasteiger partial charge in [0.05, 0.1) is 15.8 Å². The highest BCUT2D eigenvalue weighted by atomic mass is 32.1. The van der Waals surface area contributed by atoms with Gasteiger partial charge in [0, 0.05) is 12.7 Å². The van der Waals surface area contributed by atoms with Gasteiger partial charge in [-0.05, 0) is 36.2 Å². The van der Waals surface area contributed by atoms with E-state index < -0.39 is 0 Å². The fourth-order valence-corrected chi connectivity index (χ4v) is 3.41. The summed E-state index contributed by atoms with van der Waals surface area (Å²) in [6.45, 7) is 0.623. The number of aromatic nitrogens is 3. The lowest BCUT2D eigenvalue weighted by Crippen LogP contribution is -2.08. The van der Waals surface area contributed by atoms with Crippen molar-refractivity contribution in [3.63, 3.8) is 0 Å². The Morgan fingerprint density at radius 1 is 1.12 bits per heavy atom. The molecular formula is C19H14FN4S. The van der Waals surface area contributed by atoms with Crippen LogP contribution >= 0.6 is 11.3 Å². The zero-order valence-corrected chi connectivity index (χ0v) is 14.1. The zero-order valence-electron chi connectivity index (χ0n) is 13.2. The largest absolute Gasteiger partial charge is 0.354 e. The number of para-hydroxylation sites is 1. The van der Waals surface area contributed by atoms with Crippen LogP contribution in [-0.2, 0) is 6.42 Å². The van der Waals surface area contributed by atoms with Crippen LogP contribution in [0, 0.1) is 12.0 Å². The highest BCUT2D eigenvalue weighted by Gasteiger charge is 2.07. The number of fused-ring (bicyclic) bond motifs is 1. The van der Waals surface area contributed by atoms with Crippen LogP contribution in [0.15, 0.2) is 54.7 Å². The lowest BCUT2D eigenvalue weighted by atomic mass is 10.1. The molecule has 1 radical (unpaired) electrons. The zero-order chi connectivity index (χ0) is 17.1. The molecule has 0 aliphatic rings. The molecule has 2 aromatic carbocycles. The molecule has 1 N–H and O–H groups in total. The minimum atomic E-state index is -0.220. The molecule has 0 saturated heterocycles. The van der Waals surface area contributed by atoms with E-state index >= 15 is 0 Å². The van der Waals surface area contributed by atoms with Crippen molar-refractivity contribution in [2.24, 2.45) is 0 Å². The fourth-order valence-electron chi connectivity index (χ4n) is 2.48. The average Bonchev–Trinajstić information content (AvgIpc) is 3.06. The monoisotopic (exact) mass is 349 g/mol. The molecule has 25 heavy (non-hydrogen) atoms. The molecule has 0 unspecified atom stereocenters. The topological polar surface area (TPSA) is 50.7 Å². The number of benzene rings is 2. The van der Waals surface area contributed by atoms with Crippen molar-refractivity contribution in [1.29, 1.82) is 0 Å². The number of hydrogen-bond acceptors (Lipinski definition) is 5. The third-order valence-electron chi connectivity index (χ3n) is 3.71. The second-order valence-corrected chi connectivity index (χ2v) is 6.54. The number of anilines is 1. The van der Waals surface area contributed by atoms with Crippen LogP contribution < -0.4 is 5.32 Å². The van der Waals surface area contributed by atoms with Crippen LogP contribution in [0.25, 0.3) is 20.8 Å². The molecule has 4 aromatic rings. The van der Waals surface area contributed by atoms with Gasteiger partial charge in [-0.25, -0.2) is 19.3 Å². The Labute approximate surface area is 148 Å². The van der Waals surface area contributed by atoms with Gasteiger partial charge >= 0.3 is 0 Å². The van der Waals surface area contributed by atoms with Gasteiger partial charge in [-0.2, -0.15) is 0 Å². The maximum atomic E-state index is 13.1. The van der Waals surface area contributed by atoms with Crippen molar-refractivity contribution in [3.8, 4) is 10.6 Å². The molecule has 0 spiro atoms. The van der Waals surface area contributed by atoms with Crippen LogP contribution in [0.5, 0.6) is 0 Å². The molecule has 2 aromatic heterocycles. The van der Waals surface area contributed by atoms with Gasteiger partial charge in [-0.15, -0.1) is 11.3 Å². The first-order chi connectivity index (χ1) is 12.3. The molecule has 0 fully saturated rings. The summed E-state index contributed by atoms with van der Waals surface area (Å²) in [4.78, 5) is 13.1. The molecular weight excluding hydrogens is 335 g/mol. The van der Waals surface area contributed by atoms with E-state index in [-0.39, 0.29) is 5.82 Å². The van der Waals surface area contributed by atoms with Gasteiger partial charge in [-0.3, -0.25) is 0 Å². The van der Waals surface area contributed by atoms with Crippen LogP contribution in [0.4, 0.5) is 10.3 Å². The lowest BCUT2D eigenvalue weighted by molar-refractivity contribution is 0.625. The second kappa shape index (κ2) is 6.94. The normalized spacial score (nSPS) is 10.9. The first kappa shape index (κ1) is 15.7. The molecule has 0 amide bonds. The van der Waals surface area contributed by atoms with Gasteiger partial charge in [-0.1, -0.05) is 24.3 Å². The summed E-state index contributed by atoms with van der Waals surface area (Å²) < 4.78 is 14.3. The summed E-state index contributed by atoms with van der Waals surface area (Å²) >= 11 is 1.59. The summed E-state index contributed by atoms with van der Waals surface area (Å²) in [7, 11) is 0. The van der Waals surface area contributed by atoms with Gasteiger partial charge in [0.25, 0.3) is 0 Å². The summed E-state index contributed by atoms with van der Waals surface area (Å²) in [6.07, 6.45) is 5.40. The molecule has 6 heteroatoms. The van der Waals surface area contributed by atoms with Crippen LogP contribution in [0.1, 0.15) is 5.56 Å². The minimum Gasteiger partial charge on any atom is -0.354 e. The van der Waals surface area contributed by atoms with Crippen LogP contribution in [0.2, 0.25) is 0 Å². The van der Waals surface area contributed by atoms with E-state index in [0.717, 1.165) is 26.4 Å². The first-order valence-electron chi connectivity index (χ1n) is 7.87. The third kappa shape index (κ3) is 3.64. The lowest BCUT2D eigenvalue weighted by Gasteiger charge is -2.05. The Bertz CT molecular complexity index is 965. The van der Waals surface area contributed by atoms with Crippen molar-refractivity contribution < 1.29 is 4.39 Å². The summed E-state index contributed by atoms with van der Waals surface area (Å²) in [5.74, 6) is 0.281. The Morgan fingerprint density at radius 2 is 2.04 bits per heavy atom. The molecule has 123 valence electrons. The van der Waals surface area contributed by atoms with E-state index in [4.69, 9.17) is 0 Å². The van der Waals surface area contributed by atoms with E-state index in [1.54, 1.807) is 23.6 Å². The summed E-state index contributed by atoms with van der Waals surface area (Å²) in [5, 5.41) is 3.98. The van der Waals surface area contributed by atoms with E-state index in [0.29, 0.717) is 18.9 Å². The SMILES string of the molecule is Fc1cccc(CCNc2n[c]c(-c3nc4ccccc4s3)cn2)c1. The van der Waals surface area contributed by atoms with Crippen molar-refractivity contribution >= 4 is 27.5 Å². The number of nitrogens with zero attached hydrogens (tertiary/aromatic N) is 3. The van der Waals surface area contributed by atoms with E-state index in [9.17, 15) is 4.39 Å². The van der Waals surface area contributed by atoms with Gasteiger partial charge < -0.3 is 5.32 Å². The maximum absolute atomic E-state index is 13.1. The maximum Gasteiger partial charge on any atom is 0.223 e. The van der Waals surface area contributed by atoms with Gasteiger partial charge in [0.2, 0.25) is 5.95 Å². The highest BCUT2D eigenvalue weighted by molar-refractivity contribution is 7.21. The predicted molar refractivity (Wildman–Crippen MR) is 98.1 cm³/mol. The fraction of sp³-hybridized carbons (Fsp3) is 0.105. The van der Waals surface area contributed by atoms with Crippen LogP contribution in [-0.4, -0.2) is 21.5 Å². The Hall–Kier alpha value is -2.86. The molecule has 0 saturated carbocycles. The molecule has 0 aliphatic carbocycles. The van der Waals surface area contributed by atoms with Crippen molar-refractivity contribution in [1.82, 2.24) is 15.0 Å². The predicted octanol–water partition coefficient (Wildman–Crippen LogP) is 4.35. The summed E-state index contributed by atoms with van der Waals surface area (Å²) in [6, 6.07) is 14.6. The number of nitrogens with one attached hydrogen (secondary N) is 1. The van der Waals surface area contributed by atoms with Crippen molar-refractivity contribution in [2.45, 2.75) is 6.42 Å². The molecule has 4 rings (SSSR count). The number of rotatable bonds is 5. The van der Waals surface area contributed by atoms with Crippen LogP contribution in [0.3, 0.4) is 0 Å². The third-order valence-corrected chi connectivity index (χ3v) is 4.78. The molecule has 4 nitrogen and oxygen atoms in total. The molecule has 0 bridgehead atoms. The Morgan fingerprint density at radius 3 is 2.84 bits per heavy atom. The Kier molecular flexibility index (Phi) is 4.35. The number of halogens is 1. The molecule has 0 aliphatic heterocycles. The smallest absolute Gasteiger partial charge is 0.223 e. The number of hydrogen-bond donors (Lipinski definition) is 1. The minimum absolute atomic E-state index is 0.220. The summed E-state index contributed by atoms with van der Waals surface area (Å²) in [5.41, 5.74) is 2.67. The van der Waals surface area contributed by atoms with E-state index in [1.807, 2.05) is 30.3 Å². The highest BCUT2D eigenvalue weighted by Crippen LogP contribution is 2.28. The van der Waals surface area contributed by atoms with E-state index in [2.05, 4.69) is 26.5 Å².